The molecule has 9 nitrogen and oxygen atoms in total. The molecular weight excluding hydrogens is 575 g/mol. The van der Waals surface area contributed by atoms with E-state index in [4.69, 9.17) is 11.6 Å². The fraction of sp³-hybridized carbons (Fsp3) is 0.154. The number of urea groups is 1. The van der Waals surface area contributed by atoms with Crippen molar-refractivity contribution in [2.24, 2.45) is 0 Å². The number of fused-ring (bicyclic) bond motifs is 2. The maximum absolute atomic E-state index is 14.2. The number of β-amino-alcohol motifs (C(OH)–C–C–N with tert-alkyl or cyclic N) is 1. The van der Waals surface area contributed by atoms with E-state index in [0.717, 1.165) is 29.1 Å². The third kappa shape index (κ3) is 4.17. The smallest absolute Gasteiger partial charge is 0.375 e. The molecule has 0 saturated heterocycles. The molecule has 2 atom stereocenters. The number of carbonyl (C=O) groups is 2. The number of nitrogens with zero attached hydrogens (tertiary/aromatic N) is 4. The van der Waals surface area contributed by atoms with E-state index in [1.54, 1.807) is 0 Å². The Balaban J connectivity index is 1.46. The summed E-state index contributed by atoms with van der Waals surface area (Å²) in [7, 11) is 0. The van der Waals surface area contributed by atoms with Crippen molar-refractivity contribution in [1.82, 2.24) is 20.3 Å². The van der Waals surface area contributed by atoms with E-state index in [0.29, 0.717) is 11.0 Å². The third-order valence-electron chi connectivity index (χ3n) is 6.96. The second-order valence-electron chi connectivity index (χ2n) is 9.35. The summed E-state index contributed by atoms with van der Waals surface area (Å²) in [5.41, 5.74) is -4.29. The van der Waals surface area contributed by atoms with Crippen LogP contribution in [0.3, 0.4) is 0 Å². The molecule has 0 aliphatic carbocycles. The molecule has 0 unspecified atom stereocenters. The number of aliphatic hydroxyl groups is 1. The quantitative estimate of drug-likeness (QED) is 0.296. The minimum absolute atomic E-state index is 0.0000163. The van der Waals surface area contributed by atoms with Gasteiger partial charge >= 0.3 is 12.2 Å². The Labute approximate surface area is 232 Å². The van der Waals surface area contributed by atoms with Gasteiger partial charge in [-0.1, -0.05) is 11.6 Å². The van der Waals surface area contributed by atoms with Crippen molar-refractivity contribution in [3.8, 4) is 5.69 Å². The van der Waals surface area contributed by atoms with Gasteiger partial charge in [0.15, 0.2) is 0 Å². The van der Waals surface area contributed by atoms with Crippen LogP contribution >= 0.6 is 11.6 Å². The first-order valence-electron chi connectivity index (χ1n) is 11.9. The highest BCUT2D eigenvalue weighted by atomic mass is 35.5. The summed E-state index contributed by atoms with van der Waals surface area (Å²) in [5.74, 6) is -2.33. The van der Waals surface area contributed by atoms with Crippen LogP contribution in [-0.4, -0.2) is 44.8 Å². The highest BCUT2D eigenvalue weighted by Gasteiger charge is 2.61. The van der Waals surface area contributed by atoms with Gasteiger partial charge in [0.25, 0.3) is 5.91 Å². The zero-order valence-corrected chi connectivity index (χ0v) is 21.1. The lowest BCUT2D eigenvalue weighted by Crippen LogP contribution is -2.48. The SMILES string of the molecule is O=C1N[C@@H](c2cc(F)ccc2Cl)c2c(NC(=O)N3C[C@](O)(C(F)(F)F)c4cc(F)ccc43)ccc(-n3nccn3)c21. The predicted molar refractivity (Wildman–Crippen MR) is 135 cm³/mol. The van der Waals surface area contributed by atoms with Gasteiger partial charge in [0, 0.05) is 27.4 Å². The number of alkyl halides is 3. The van der Waals surface area contributed by atoms with Crippen LogP contribution in [0.15, 0.2) is 60.9 Å². The molecule has 3 heterocycles. The summed E-state index contributed by atoms with van der Waals surface area (Å²) in [6.45, 7) is -1.26. The number of anilines is 2. The molecule has 0 fully saturated rings. The molecule has 2 aliphatic rings. The average molecular weight is 591 g/mol. The number of aromatic nitrogens is 3. The standard InChI is InChI=1S/C26H16ClF5N6O3/c27-16-3-1-12(28)9-14(16)22-20-17(4-6-19(21(20)23(39)36-22)38-33-7-8-34-38)35-24(40)37-11-25(41,26(30,31)32)15-10-13(29)2-5-18(15)37/h1-10,22,41H,11H2,(H,35,40)(H,36,39)/t22-,25+/m0/s1. The van der Waals surface area contributed by atoms with Crippen molar-refractivity contribution in [3.63, 3.8) is 0 Å². The van der Waals surface area contributed by atoms with Gasteiger partial charge in [-0.05, 0) is 48.5 Å². The number of halogens is 6. The van der Waals surface area contributed by atoms with Crippen LogP contribution in [0.2, 0.25) is 5.02 Å². The van der Waals surface area contributed by atoms with E-state index in [1.165, 1.54) is 30.6 Å². The Morgan fingerprint density at radius 3 is 2.41 bits per heavy atom. The molecule has 41 heavy (non-hydrogen) atoms. The normalized spacial score (nSPS) is 19.6. The van der Waals surface area contributed by atoms with Crippen molar-refractivity contribution >= 4 is 34.9 Å². The van der Waals surface area contributed by atoms with Gasteiger partial charge < -0.3 is 15.7 Å². The number of rotatable bonds is 3. The molecule has 6 rings (SSSR count). The Kier molecular flexibility index (Phi) is 6.01. The molecule has 2 aliphatic heterocycles. The number of hydrogen-bond donors (Lipinski definition) is 3. The van der Waals surface area contributed by atoms with Crippen molar-refractivity contribution < 1.29 is 36.6 Å². The number of benzene rings is 3. The number of nitrogens with one attached hydrogen (secondary N) is 2. The molecule has 0 spiro atoms. The average Bonchev–Trinajstić information content (AvgIpc) is 3.64. The van der Waals surface area contributed by atoms with Gasteiger partial charge in [-0.3, -0.25) is 9.69 Å². The van der Waals surface area contributed by atoms with E-state index in [2.05, 4.69) is 20.8 Å². The number of amides is 3. The lowest BCUT2D eigenvalue weighted by Gasteiger charge is -2.27. The molecule has 15 heteroatoms. The molecule has 3 amide bonds. The monoisotopic (exact) mass is 590 g/mol. The molecule has 4 aromatic rings. The highest BCUT2D eigenvalue weighted by Crippen LogP contribution is 2.49. The fourth-order valence-electron chi connectivity index (χ4n) is 5.09. The van der Waals surface area contributed by atoms with Gasteiger partial charge in [0.05, 0.1) is 41.9 Å². The second kappa shape index (κ2) is 9.24. The summed E-state index contributed by atoms with van der Waals surface area (Å²) < 4.78 is 69.8. The van der Waals surface area contributed by atoms with E-state index in [9.17, 15) is 36.6 Å². The van der Waals surface area contributed by atoms with Gasteiger partial charge in [-0.25, -0.2) is 13.6 Å². The summed E-state index contributed by atoms with van der Waals surface area (Å²) in [6.07, 6.45) is -2.50. The molecule has 0 bridgehead atoms. The summed E-state index contributed by atoms with van der Waals surface area (Å²) in [6, 6.07) is 6.40. The van der Waals surface area contributed by atoms with Crippen LogP contribution in [-0.2, 0) is 5.60 Å². The van der Waals surface area contributed by atoms with Crippen LogP contribution in [0.4, 0.5) is 38.1 Å². The topological polar surface area (TPSA) is 112 Å². The molecule has 0 radical (unpaired) electrons. The highest BCUT2D eigenvalue weighted by molar-refractivity contribution is 6.31. The first-order valence-corrected chi connectivity index (χ1v) is 12.2. The van der Waals surface area contributed by atoms with Crippen molar-refractivity contribution in [3.05, 3.63) is 99.8 Å². The summed E-state index contributed by atoms with van der Waals surface area (Å²) in [4.78, 5) is 28.4. The first-order chi connectivity index (χ1) is 19.4. The van der Waals surface area contributed by atoms with Crippen molar-refractivity contribution in [2.45, 2.75) is 17.8 Å². The molecule has 3 N–H and O–H groups in total. The molecular formula is C26H16ClF5N6O3. The maximum Gasteiger partial charge on any atom is 0.423 e. The minimum atomic E-state index is -5.24. The molecule has 0 saturated carbocycles. The maximum atomic E-state index is 14.2. The Morgan fingerprint density at radius 1 is 1.05 bits per heavy atom. The lowest BCUT2D eigenvalue weighted by molar-refractivity contribution is -0.258. The van der Waals surface area contributed by atoms with Gasteiger partial charge in [0.1, 0.15) is 11.6 Å². The van der Waals surface area contributed by atoms with Crippen LogP contribution < -0.4 is 15.5 Å². The van der Waals surface area contributed by atoms with E-state index in [1.807, 2.05) is 0 Å². The largest absolute Gasteiger partial charge is 0.423 e. The third-order valence-corrected chi connectivity index (χ3v) is 7.30. The van der Waals surface area contributed by atoms with Gasteiger partial charge in [-0.15, -0.1) is 0 Å². The van der Waals surface area contributed by atoms with Crippen LogP contribution in [0.1, 0.15) is 33.1 Å². The van der Waals surface area contributed by atoms with Gasteiger partial charge in [-0.2, -0.15) is 28.2 Å². The number of carbonyl (C=O) groups excluding carboxylic acids is 2. The summed E-state index contributed by atoms with van der Waals surface area (Å²) in [5, 5.41) is 23.9. The van der Waals surface area contributed by atoms with E-state index < -0.39 is 53.5 Å². The molecule has 210 valence electrons. The van der Waals surface area contributed by atoms with E-state index >= 15 is 0 Å². The van der Waals surface area contributed by atoms with Crippen molar-refractivity contribution in [2.75, 3.05) is 16.8 Å². The Bertz CT molecular complexity index is 1730. The van der Waals surface area contributed by atoms with Crippen LogP contribution in [0.25, 0.3) is 5.69 Å². The predicted octanol–water partition coefficient (Wildman–Crippen LogP) is 4.83. The second-order valence-corrected chi connectivity index (χ2v) is 9.75. The van der Waals surface area contributed by atoms with Crippen molar-refractivity contribution in [1.29, 1.82) is 0 Å². The summed E-state index contributed by atoms with van der Waals surface area (Å²) >= 11 is 6.33. The van der Waals surface area contributed by atoms with E-state index in [-0.39, 0.29) is 38.8 Å². The Morgan fingerprint density at radius 2 is 1.71 bits per heavy atom. The minimum Gasteiger partial charge on any atom is -0.375 e. The molecule has 3 aromatic carbocycles. The Hall–Kier alpha value is -4.56. The fourth-order valence-corrected chi connectivity index (χ4v) is 5.31. The van der Waals surface area contributed by atoms with Crippen LogP contribution in [0.5, 0.6) is 0 Å². The number of hydrogen-bond acceptors (Lipinski definition) is 5. The van der Waals surface area contributed by atoms with Crippen LogP contribution in [0, 0.1) is 11.6 Å². The zero-order chi connectivity index (χ0) is 29.3. The lowest BCUT2D eigenvalue weighted by atomic mass is 9.95. The first kappa shape index (κ1) is 26.7. The zero-order valence-electron chi connectivity index (χ0n) is 20.4. The molecule has 1 aromatic heterocycles. The van der Waals surface area contributed by atoms with Gasteiger partial charge in [0.2, 0.25) is 5.60 Å².